The van der Waals surface area contributed by atoms with Crippen molar-refractivity contribution in [2.45, 2.75) is 69.7 Å². The number of unbranched alkanes of at least 4 members (excludes halogenated alkanes) is 1. The lowest BCUT2D eigenvalue weighted by molar-refractivity contribution is 0.151. The highest BCUT2D eigenvalue weighted by molar-refractivity contribution is 7.89. The Morgan fingerprint density at radius 3 is 2.28 bits per heavy atom. The molecule has 3 aromatic rings. The van der Waals surface area contributed by atoms with Crippen LogP contribution >= 0.6 is 0 Å². The lowest BCUT2D eigenvalue weighted by Crippen LogP contribution is -2.36. The zero-order chi connectivity index (χ0) is 31.6. The van der Waals surface area contributed by atoms with Gasteiger partial charge in [-0.1, -0.05) is 67.9 Å². The maximum absolute atomic E-state index is 13.6. The number of alkyl halides is 3. The van der Waals surface area contributed by atoms with Gasteiger partial charge in [0.05, 0.1) is 18.1 Å². The van der Waals surface area contributed by atoms with E-state index in [1.165, 1.54) is 6.07 Å². The summed E-state index contributed by atoms with van der Waals surface area (Å²) in [4.78, 5) is 0.309. The Bertz CT molecular complexity index is 1370. The van der Waals surface area contributed by atoms with E-state index in [2.05, 4.69) is 31.3 Å². The van der Waals surface area contributed by atoms with Crippen LogP contribution in [0.15, 0.2) is 77.7 Å². The fourth-order valence-electron chi connectivity index (χ4n) is 5.94. The molecular weight excluding hydrogens is 571 g/mol. The molecule has 5 nitrogen and oxygen atoms in total. The molecule has 0 saturated heterocycles. The largest absolute Gasteiger partial charge is 0.378 e. The number of aryl methyl sites for hydroxylation is 1. The van der Waals surface area contributed by atoms with Gasteiger partial charge in [0.25, 0.3) is 6.43 Å². The summed E-state index contributed by atoms with van der Waals surface area (Å²) in [5.41, 5.74) is 9.72. The van der Waals surface area contributed by atoms with Gasteiger partial charge >= 0.3 is 0 Å². The summed E-state index contributed by atoms with van der Waals surface area (Å²) in [5.74, 6) is 0.310. The molecular formula is C34H46F3N3O2S. The molecule has 1 aliphatic heterocycles. The minimum absolute atomic E-state index is 0.0280. The zero-order valence-corrected chi connectivity index (χ0v) is 26.5. The number of fused-ring (bicyclic) bond motifs is 1. The molecule has 1 aliphatic rings. The SMILES string of the molecule is CF.Cc1ccc(S(=O)(=O)N(CCCCN)CC(C)CCC2[C@H](C)c3cc(C(F)F)ccc3N[C@H]2c2ccccc2)cc1. The first-order valence-corrected chi connectivity index (χ1v) is 16.4. The van der Waals surface area contributed by atoms with Gasteiger partial charge in [0.1, 0.15) is 0 Å². The van der Waals surface area contributed by atoms with E-state index < -0.39 is 16.4 Å². The fraction of sp³-hybridized carbons (Fsp3) is 0.471. The number of nitrogens with zero attached hydrogens (tertiary/aromatic N) is 1. The Labute approximate surface area is 255 Å². The van der Waals surface area contributed by atoms with Crippen molar-refractivity contribution in [3.63, 3.8) is 0 Å². The summed E-state index contributed by atoms with van der Waals surface area (Å²) >= 11 is 0. The van der Waals surface area contributed by atoms with Crippen LogP contribution in [0.1, 0.15) is 80.2 Å². The Morgan fingerprint density at radius 2 is 1.65 bits per heavy atom. The molecule has 1 heterocycles. The summed E-state index contributed by atoms with van der Waals surface area (Å²) in [7, 11) is -3.14. The highest BCUT2D eigenvalue weighted by Crippen LogP contribution is 2.47. The third-order valence-corrected chi connectivity index (χ3v) is 10.3. The van der Waals surface area contributed by atoms with E-state index in [1.807, 2.05) is 37.3 Å². The van der Waals surface area contributed by atoms with Crippen molar-refractivity contribution >= 4 is 15.7 Å². The average molecular weight is 618 g/mol. The number of halogens is 3. The molecule has 3 aromatic carbocycles. The number of benzene rings is 3. The van der Waals surface area contributed by atoms with Crippen LogP contribution in [0.3, 0.4) is 0 Å². The molecule has 4 atom stereocenters. The van der Waals surface area contributed by atoms with Crippen molar-refractivity contribution in [1.82, 2.24) is 4.31 Å². The molecule has 0 radical (unpaired) electrons. The fourth-order valence-corrected chi connectivity index (χ4v) is 7.54. The average Bonchev–Trinajstić information content (AvgIpc) is 3.01. The smallest absolute Gasteiger partial charge is 0.263 e. The van der Waals surface area contributed by atoms with Crippen LogP contribution in [0.2, 0.25) is 0 Å². The van der Waals surface area contributed by atoms with Gasteiger partial charge in [-0.3, -0.25) is 4.39 Å². The van der Waals surface area contributed by atoms with E-state index in [0.29, 0.717) is 38.1 Å². The van der Waals surface area contributed by atoms with Crippen LogP contribution in [0.5, 0.6) is 0 Å². The van der Waals surface area contributed by atoms with Gasteiger partial charge in [-0.15, -0.1) is 0 Å². The monoisotopic (exact) mass is 617 g/mol. The first kappa shape index (κ1) is 34.6. The second-order valence-corrected chi connectivity index (χ2v) is 13.4. The number of nitrogens with one attached hydrogen (secondary N) is 1. The molecule has 0 saturated carbocycles. The van der Waals surface area contributed by atoms with Crippen molar-refractivity contribution in [3.05, 3.63) is 95.1 Å². The summed E-state index contributed by atoms with van der Waals surface area (Å²) in [6.45, 7) is 7.53. The Morgan fingerprint density at radius 1 is 0.977 bits per heavy atom. The van der Waals surface area contributed by atoms with E-state index >= 15 is 0 Å². The molecule has 0 aliphatic carbocycles. The maximum atomic E-state index is 13.6. The van der Waals surface area contributed by atoms with E-state index in [1.54, 1.807) is 28.6 Å². The topological polar surface area (TPSA) is 75.4 Å². The van der Waals surface area contributed by atoms with Crippen molar-refractivity contribution in [3.8, 4) is 0 Å². The van der Waals surface area contributed by atoms with E-state index in [4.69, 9.17) is 5.73 Å². The van der Waals surface area contributed by atoms with Gasteiger partial charge < -0.3 is 11.1 Å². The number of hydrogen-bond donors (Lipinski definition) is 2. The molecule has 0 aromatic heterocycles. The predicted molar refractivity (Wildman–Crippen MR) is 170 cm³/mol. The highest BCUT2D eigenvalue weighted by atomic mass is 32.2. The van der Waals surface area contributed by atoms with Crippen LogP contribution in [0.25, 0.3) is 0 Å². The number of rotatable bonds is 13. The first-order valence-electron chi connectivity index (χ1n) is 15.0. The molecule has 9 heteroatoms. The van der Waals surface area contributed by atoms with Gasteiger partial charge in [0, 0.05) is 24.3 Å². The second-order valence-electron chi connectivity index (χ2n) is 11.5. The Balaban J connectivity index is 0.00000248. The number of hydrogen-bond acceptors (Lipinski definition) is 4. The van der Waals surface area contributed by atoms with Crippen LogP contribution < -0.4 is 11.1 Å². The summed E-state index contributed by atoms with van der Waals surface area (Å²) in [6.07, 6.45) is 0.587. The van der Waals surface area contributed by atoms with Crippen LogP contribution in [-0.4, -0.2) is 39.5 Å². The standard InChI is InChI=1S/C33H43F2N3O2S.CH3F/c1-23-11-15-28(16-12-23)41(39,40)38(20-8-7-19-36)22-24(2)13-17-29-25(3)30-21-27(33(34)35)14-18-31(30)37-32(29)26-9-5-4-6-10-26;1-2/h4-6,9-12,14-16,18,21,24-25,29,32-33,37H,7-8,13,17,19-20,22,36H2,1-3H3;1H3/t24?,25-,29?,32-;/m0./s1. The van der Waals surface area contributed by atoms with E-state index in [9.17, 15) is 21.6 Å². The number of sulfonamides is 1. The molecule has 0 amide bonds. The molecule has 0 fully saturated rings. The van der Waals surface area contributed by atoms with Crippen LogP contribution in [0.4, 0.5) is 18.9 Å². The predicted octanol–water partition coefficient (Wildman–Crippen LogP) is 8.25. The van der Waals surface area contributed by atoms with Crippen molar-refractivity contribution in [2.24, 2.45) is 17.6 Å². The molecule has 0 bridgehead atoms. The van der Waals surface area contributed by atoms with Crippen molar-refractivity contribution < 1.29 is 21.6 Å². The quantitative estimate of drug-likeness (QED) is 0.189. The number of nitrogens with two attached hydrogens (primary N) is 1. The Kier molecular flexibility index (Phi) is 13.1. The van der Waals surface area contributed by atoms with Crippen molar-refractivity contribution in [1.29, 1.82) is 0 Å². The zero-order valence-electron chi connectivity index (χ0n) is 25.6. The molecule has 0 spiro atoms. The molecule has 3 N–H and O–H groups in total. The van der Waals surface area contributed by atoms with E-state index in [0.717, 1.165) is 41.6 Å². The van der Waals surface area contributed by atoms with Crippen LogP contribution in [0, 0.1) is 18.8 Å². The van der Waals surface area contributed by atoms with Gasteiger partial charge in [-0.25, -0.2) is 17.2 Å². The summed E-state index contributed by atoms with van der Waals surface area (Å²) < 4.78 is 65.4. The highest BCUT2D eigenvalue weighted by Gasteiger charge is 2.36. The first-order chi connectivity index (χ1) is 20.6. The summed E-state index contributed by atoms with van der Waals surface area (Å²) in [5, 5.41) is 3.65. The van der Waals surface area contributed by atoms with Gasteiger partial charge in [-0.05, 0) is 92.3 Å². The minimum atomic E-state index is -3.64. The third-order valence-electron chi connectivity index (χ3n) is 8.39. The Hall–Kier alpha value is -2.88. The molecule has 236 valence electrons. The van der Waals surface area contributed by atoms with Gasteiger partial charge in [-0.2, -0.15) is 4.31 Å². The molecule has 2 unspecified atom stereocenters. The normalized spacial score (nSPS) is 18.9. The van der Waals surface area contributed by atoms with Gasteiger partial charge in [0.2, 0.25) is 10.0 Å². The third kappa shape index (κ3) is 8.83. The lowest BCUT2D eigenvalue weighted by Gasteiger charge is -2.40. The maximum Gasteiger partial charge on any atom is 0.263 e. The van der Waals surface area contributed by atoms with Crippen molar-refractivity contribution in [2.75, 3.05) is 32.1 Å². The van der Waals surface area contributed by atoms with Gasteiger partial charge in [0.15, 0.2) is 0 Å². The lowest BCUT2D eigenvalue weighted by atomic mass is 9.73. The van der Waals surface area contributed by atoms with E-state index in [-0.39, 0.29) is 29.4 Å². The molecule has 4 rings (SSSR count). The number of anilines is 1. The van der Waals surface area contributed by atoms with Crippen LogP contribution in [-0.2, 0) is 10.0 Å². The molecule has 43 heavy (non-hydrogen) atoms. The minimum Gasteiger partial charge on any atom is -0.378 e. The second kappa shape index (κ2) is 16.3. The summed E-state index contributed by atoms with van der Waals surface area (Å²) in [6, 6.07) is 22.2.